The molecular weight excluding hydrogens is 386 g/mol. The van der Waals surface area contributed by atoms with Gasteiger partial charge in [0.15, 0.2) is 5.16 Å². The number of benzene rings is 1. The maximum absolute atomic E-state index is 13.0. The smallest absolute Gasteiger partial charge is 0.337 e. The molecule has 0 amide bonds. The van der Waals surface area contributed by atoms with Crippen LogP contribution in [0.15, 0.2) is 45.5 Å². The maximum atomic E-state index is 13.0. The summed E-state index contributed by atoms with van der Waals surface area (Å²) in [6.45, 7) is 9.69. The van der Waals surface area contributed by atoms with Gasteiger partial charge in [0, 0.05) is 5.70 Å². The van der Waals surface area contributed by atoms with Crippen molar-refractivity contribution >= 4 is 23.5 Å². The lowest BCUT2D eigenvalue weighted by Crippen LogP contribution is -2.31. The normalized spacial score (nSPS) is 16.1. The number of carbonyl (C=O) groups excluding carboxylic acids is 1. The molecule has 1 aromatic heterocycles. The largest absolute Gasteiger partial charge is 0.460 e. The number of carbonyl (C=O) groups is 1. The van der Waals surface area contributed by atoms with E-state index in [0.717, 1.165) is 5.56 Å². The highest BCUT2D eigenvalue weighted by Crippen LogP contribution is 2.40. The Morgan fingerprint density at radius 3 is 2.38 bits per heavy atom. The summed E-state index contributed by atoms with van der Waals surface area (Å²) >= 11 is 1.36. The summed E-state index contributed by atoms with van der Waals surface area (Å²) in [6, 6.07) is 8.04. The van der Waals surface area contributed by atoms with Gasteiger partial charge in [0.2, 0.25) is 0 Å². The van der Waals surface area contributed by atoms with Crippen molar-refractivity contribution in [2.75, 3.05) is 11.6 Å². The average molecular weight is 414 g/mol. The first kappa shape index (κ1) is 21.2. The minimum Gasteiger partial charge on any atom is -0.460 e. The third kappa shape index (κ3) is 4.24. The molecule has 1 aliphatic rings. The number of anilines is 1. The van der Waals surface area contributed by atoms with Crippen LogP contribution < -0.4 is 10.9 Å². The highest BCUT2D eigenvalue weighted by atomic mass is 32.2. The van der Waals surface area contributed by atoms with Crippen molar-refractivity contribution in [3.8, 4) is 0 Å². The number of ether oxygens (including phenoxy) is 1. The average Bonchev–Trinajstić information content (AvgIpc) is 2.66. The van der Waals surface area contributed by atoms with Crippen LogP contribution in [0.1, 0.15) is 63.1 Å². The number of rotatable bonds is 5. The zero-order valence-corrected chi connectivity index (χ0v) is 18.4. The monoisotopic (exact) mass is 413 g/mol. The second kappa shape index (κ2) is 8.45. The number of allylic oxidation sites excluding steroid dienone is 1. The second-order valence-electron chi connectivity index (χ2n) is 7.71. The van der Waals surface area contributed by atoms with Crippen molar-refractivity contribution in [1.82, 2.24) is 9.97 Å². The highest BCUT2D eigenvalue weighted by Gasteiger charge is 2.36. The van der Waals surface area contributed by atoms with Crippen molar-refractivity contribution < 1.29 is 9.53 Å². The van der Waals surface area contributed by atoms with Crippen molar-refractivity contribution in [3.05, 3.63) is 62.6 Å². The van der Waals surface area contributed by atoms with Gasteiger partial charge in [-0.2, -0.15) is 0 Å². The predicted molar refractivity (Wildman–Crippen MR) is 117 cm³/mol. The first-order valence-electron chi connectivity index (χ1n) is 9.69. The molecule has 6 nitrogen and oxygen atoms in total. The molecule has 29 heavy (non-hydrogen) atoms. The Kier molecular flexibility index (Phi) is 6.17. The number of aromatic amines is 1. The molecule has 154 valence electrons. The molecule has 0 unspecified atom stereocenters. The fourth-order valence-electron chi connectivity index (χ4n) is 3.48. The van der Waals surface area contributed by atoms with Crippen LogP contribution in [0, 0.1) is 0 Å². The first-order chi connectivity index (χ1) is 13.7. The number of fused-ring (bicyclic) bond motifs is 1. The van der Waals surface area contributed by atoms with Gasteiger partial charge in [0.1, 0.15) is 5.82 Å². The highest BCUT2D eigenvalue weighted by molar-refractivity contribution is 7.98. The van der Waals surface area contributed by atoms with Gasteiger partial charge in [-0.3, -0.25) is 4.79 Å². The molecule has 2 aromatic rings. The van der Waals surface area contributed by atoms with Crippen molar-refractivity contribution in [2.24, 2.45) is 0 Å². The second-order valence-corrected chi connectivity index (χ2v) is 8.50. The molecule has 0 spiro atoms. The maximum Gasteiger partial charge on any atom is 0.337 e. The van der Waals surface area contributed by atoms with Gasteiger partial charge in [0.05, 0.1) is 23.2 Å². The van der Waals surface area contributed by atoms with Gasteiger partial charge in [-0.25, -0.2) is 9.78 Å². The molecule has 0 saturated heterocycles. The van der Waals surface area contributed by atoms with Gasteiger partial charge < -0.3 is 15.0 Å². The van der Waals surface area contributed by atoms with E-state index in [1.807, 2.05) is 51.3 Å². The van der Waals surface area contributed by atoms with E-state index in [9.17, 15) is 9.59 Å². The Bertz CT molecular complexity index is 1010. The molecule has 2 N–H and O–H groups in total. The van der Waals surface area contributed by atoms with E-state index < -0.39 is 11.9 Å². The molecule has 2 heterocycles. The van der Waals surface area contributed by atoms with Crippen LogP contribution in [0.2, 0.25) is 0 Å². The number of hydrogen-bond donors (Lipinski definition) is 2. The lowest BCUT2D eigenvalue weighted by atomic mass is 9.81. The van der Waals surface area contributed by atoms with Gasteiger partial charge >= 0.3 is 5.97 Å². The standard InChI is InChI=1S/C22H27N3O3S/c1-11(2)14-7-9-15(10-8-14)17-16(21(27)28-12(3)4)13(5)23-19-18(17)20(26)25-22(24-19)29-6/h7-12,17H,1-6H3,(H2,23,24,25,26)/t17-/m0/s1. The molecule has 1 aliphatic heterocycles. The number of H-pyrrole nitrogens is 1. The Balaban J connectivity index is 2.21. The lowest BCUT2D eigenvalue weighted by Gasteiger charge is -2.29. The van der Waals surface area contributed by atoms with Crippen LogP contribution in [0.3, 0.4) is 0 Å². The Hall–Kier alpha value is -2.54. The SMILES string of the molecule is CSc1nc2c(c(=O)[nH]1)[C@@H](c1ccc(C(C)C)cc1)C(C(=O)OC(C)C)=C(C)N2. The summed E-state index contributed by atoms with van der Waals surface area (Å²) in [7, 11) is 0. The number of thioether (sulfide) groups is 1. The minimum atomic E-state index is -0.550. The topological polar surface area (TPSA) is 84.1 Å². The van der Waals surface area contributed by atoms with Crippen LogP contribution >= 0.6 is 11.8 Å². The predicted octanol–water partition coefficient (Wildman–Crippen LogP) is 4.40. The molecule has 0 radical (unpaired) electrons. The van der Waals surface area contributed by atoms with E-state index in [0.29, 0.717) is 33.7 Å². The molecule has 0 fully saturated rings. The Labute approximate surface area is 175 Å². The van der Waals surface area contributed by atoms with E-state index in [1.165, 1.54) is 17.3 Å². The fraction of sp³-hybridized carbons (Fsp3) is 0.409. The van der Waals surface area contributed by atoms with Gasteiger partial charge in [-0.05, 0) is 44.1 Å². The third-order valence-electron chi connectivity index (χ3n) is 4.91. The zero-order chi connectivity index (χ0) is 21.3. The van der Waals surface area contributed by atoms with Crippen molar-refractivity contribution in [2.45, 2.75) is 57.7 Å². The number of aromatic nitrogens is 2. The van der Waals surface area contributed by atoms with Crippen LogP contribution in [0.4, 0.5) is 5.82 Å². The van der Waals surface area contributed by atoms with Crippen molar-refractivity contribution in [3.63, 3.8) is 0 Å². The molecule has 1 aromatic carbocycles. The third-order valence-corrected chi connectivity index (χ3v) is 5.49. The van der Waals surface area contributed by atoms with Crippen LogP contribution in [0.25, 0.3) is 0 Å². The summed E-state index contributed by atoms with van der Waals surface area (Å²) in [6.07, 6.45) is 1.59. The summed E-state index contributed by atoms with van der Waals surface area (Å²) in [4.78, 5) is 33.3. The van der Waals surface area contributed by atoms with Crippen LogP contribution in [0.5, 0.6) is 0 Å². The first-order valence-corrected chi connectivity index (χ1v) is 10.9. The summed E-state index contributed by atoms with van der Waals surface area (Å²) in [5.74, 6) is -0.108. The minimum absolute atomic E-state index is 0.257. The van der Waals surface area contributed by atoms with Crippen molar-refractivity contribution in [1.29, 1.82) is 0 Å². The zero-order valence-electron chi connectivity index (χ0n) is 17.6. The van der Waals surface area contributed by atoms with Gasteiger partial charge in [0.25, 0.3) is 5.56 Å². The molecule has 3 rings (SSSR count). The van der Waals surface area contributed by atoms with E-state index in [4.69, 9.17) is 4.74 Å². The molecule has 7 heteroatoms. The summed E-state index contributed by atoms with van der Waals surface area (Å²) in [5.41, 5.74) is 3.31. The number of hydrogen-bond acceptors (Lipinski definition) is 6. The number of nitrogens with one attached hydrogen (secondary N) is 2. The van der Waals surface area contributed by atoms with Gasteiger partial charge in [-0.15, -0.1) is 0 Å². The van der Waals surface area contributed by atoms with Crippen LogP contribution in [-0.2, 0) is 9.53 Å². The molecule has 1 atom stereocenters. The molecular formula is C22H27N3O3S. The summed E-state index contributed by atoms with van der Waals surface area (Å²) in [5, 5.41) is 3.67. The number of esters is 1. The van der Waals surface area contributed by atoms with Crippen LogP contribution in [-0.4, -0.2) is 28.3 Å². The Morgan fingerprint density at radius 1 is 1.17 bits per heavy atom. The molecule has 0 saturated carbocycles. The molecule has 0 aliphatic carbocycles. The summed E-state index contributed by atoms with van der Waals surface area (Å²) < 4.78 is 5.50. The van der Waals surface area contributed by atoms with Gasteiger partial charge in [-0.1, -0.05) is 49.9 Å². The molecule has 0 bridgehead atoms. The van der Waals surface area contributed by atoms with E-state index in [1.54, 1.807) is 0 Å². The number of nitrogens with zero attached hydrogens (tertiary/aromatic N) is 1. The van der Waals surface area contributed by atoms with E-state index in [2.05, 4.69) is 29.1 Å². The fourth-order valence-corrected chi connectivity index (χ4v) is 3.86. The quantitative estimate of drug-likeness (QED) is 0.429. The Morgan fingerprint density at radius 2 is 1.83 bits per heavy atom. The van der Waals surface area contributed by atoms with E-state index >= 15 is 0 Å². The lowest BCUT2D eigenvalue weighted by molar-refractivity contribution is -0.143. The van der Waals surface area contributed by atoms with E-state index in [-0.39, 0.29) is 11.7 Å².